The van der Waals surface area contributed by atoms with Crippen molar-refractivity contribution in [1.29, 1.82) is 5.26 Å². The number of hydrogen-bond donors (Lipinski definition) is 0. The summed E-state index contributed by atoms with van der Waals surface area (Å²) < 4.78 is 4.73. The maximum absolute atomic E-state index is 11.3. The molecule has 0 N–H and O–H groups in total. The van der Waals surface area contributed by atoms with Gasteiger partial charge in [-0.1, -0.05) is 0 Å². The van der Waals surface area contributed by atoms with Crippen molar-refractivity contribution in [3.05, 3.63) is 5.70 Å². The molecule has 0 saturated carbocycles. The van der Waals surface area contributed by atoms with E-state index in [0.717, 1.165) is 5.06 Å². The molecule has 18 heavy (non-hydrogen) atoms. The number of nitriles is 1. The van der Waals surface area contributed by atoms with Gasteiger partial charge in [0.25, 0.3) is 0 Å². The van der Waals surface area contributed by atoms with Crippen LogP contribution in [0.5, 0.6) is 0 Å². The van der Waals surface area contributed by atoms with Crippen LogP contribution in [0.3, 0.4) is 0 Å². The Morgan fingerprint density at radius 1 is 1.39 bits per heavy atom. The average molecular weight is 254 g/mol. The first-order valence-corrected chi connectivity index (χ1v) is 5.57. The average Bonchev–Trinajstić information content (AvgIpc) is 2.24. The third-order valence-corrected chi connectivity index (χ3v) is 1.63. The van der Waals surface area contributed by atoms with E-state index in [-0.39, 0.29) is 25.3 Å². The van der Waals surface area contributed by atoms with Gasteiger partial charge in [0.2, 0.25) is 0 Å². The minimum absolute atomic E-state index is 0.0510. The minimum atomic E-state index is -0.590. The lowest BCUT2D eigenvalue weighted by molar-refractivity contribution is -0.202. The second-order valence-electron chi connectivity index (χ2n) is 4.43. The molecule has 0 bridgehead atoms. The van der Waals surface area contributed by atoms with Crippen LogP contribution >= 0.6 is 0 Å². The summed E-state index contributed by atoms with van der Waals surface area (Å²) in [4.78, 5) is 27.6. The number of ether oxygens (including phenoxy) is 1. The van der Waals surface area contributed by atoms with Crippen LogP contribution in [0.25, 0.3) is 0 Å². The van der Waals surface area contributed by atoms with E-state index in [2.05, 4.69) is 0 Å². The SMILES string of the molecule is CCOC(=O)CC(=C=O)N(CC#N)OC(C)(C)C. The number of carbonyl (C=O) groups is 1. The van der Waals surface area contributed by atoms with E-state index in [0.29, 0.717) is 0 Å². The molecule has 0 radical (unpaired) electrons. The maximum Gasteiger partial charge on any atom is 0.312 e. The maximum atomic E-state index is 11.3. The van der Waals surface area contributed by atoms with Gasteiger partial charge in [-0.25, -0.2) is 9.86 Å². The number of hydrogen-bond acceptors (Lipinski definition) is 6. The first-order chi connectivity index (χ1) is 8.34. The van der Waals surface area contributed by atoms with Crippen LogP contribution in [0.15, 0.2) is 5.70 Å². The van der Waals surface area contributed by atoms with Gasteiger partial charge in [0.1, 0.15) is 18.2 Å². The molecular formula is C12H18N2O4. The van der Waals surface area contributed by atoms with Crippen LogP contribution in [-0.2, 0) is 19.2 Å². The normalized spacial score (nSPS) is 10.2. The molecule has 0 aromatic heterocycles. The lowest BCUT2D eigenvalue weighted by Gasteiger charge is -2.29. The zero-order valence-electron chi connectivity index (χ0n) is 11.1. The molecule has 0 aromatic carbocycles. The van der Waals surface area contributed by atoms with Crippen LogP contribution in [0, 0.1) is 11.3 Å². The molecule has 0 atom stereocenters. The van der Waals surface area contributed by atoms with Gasteiger partial charge in [-0.15, -0.1) is 0 Å². The second-order valence-corrected chi connectivity index (χ2v) is 4.43. The highest BCUT2D eigenvalue weighted by molar-refractivity contribution is 5.75. The summed E-state index contributed by atoms with van der Waals surface area (Å²) in [6.07, 6.45) is -0.269. The molecule has 6 nitrogen and oxygen atoms in total. The van der Waals surface area contributed by atoms with Crippen molar-refractivity contribution in [3.63, 3.8) is 0 Å². The standard InChI is InChI=1S/C12H18N2O4/c1-5-17-11(16)8-10(9-15)14(7-6-13)18-12(2,3)4/h5,7-8H2,1-4H3. The summed E-state index contributed by atoms with van der Waals surface area (Å²) in [6.45, 7) is 7.03. The van der Waals surface area contributed by atoms with E-state index in [4.69, 9.17) is 14.8 Å². The number of nitrogens with zero attached hydrogens (tertiary/aromatic N) is 2. The van der Waals surface area contributed by atoms with Crippen molar-refractivity contribution < 1.29 is 19.2 Å². The number of esters is 1. The van der Waals surface area contributed by atoms with Crippen molar-refractivity contribution >= 4 is 11.9 Å². The monoisotopic (exact) mass is 254 g/mol. The first-order valence-electron chi connectivity index (χ1n) is 5.57. The van der Waals surface area contributed by atoms with E-state index in [9.17, 15) is 9.59 Å². The largest absolute Gasteiger partial charge is 0.466 e. The van der Waals surface area contributed by atoms with E-state index in [1.165, 1.54) is 0 Å². The fraction of sp³-hybridized carbons (Fsp3) is 0.667. The van der Waals surface area contributed by atoms with Gasteiger partial charge in [0.15, 0.2) is 0 Å². The molecule has 100 valence electrons. The highest BCUT2D eigenvalue weighted by atomic mass is 16.7. The summed E-state index contributed by atoms with van der Waals surface area (Å²) in [7, 11) is 0. The van der Waals surface area contributed by atoms with Gasteiger partial charge < -0.3 is 4.74 Å². The molecule has 0 unspecified atom stereocenters. The number of rotatable bonds is 6. The quantitative estimate of drug-likeness (QED) is 0.307. The molecule has 0 saturated heterocycles. The summed E-state index contributed by atoms with van der Waals surface area (Å²) in [5.74, 6) is 1.06. The van der Waals surface area contributed by atoms with E-state index < -0.39 is 11.6 Å². The Morgan fingerprint density at radius 3 is 2.39 bits per heavy atom. The van der Waals surface area contributed by atoms with Crippen molar-refractivity contribution in [2.75, 3.05) is 13.2 Å². The van der Waals surface area contributed by atoms with Gasteiger partial charge in [-0.05, 0) is 27.7 Å². The molecule has 0 heterocycles. The van der Waals surface area contributed by atoms with Gasteiger partial charge in [-0.2, -0.15) is 5.26 Å². The van der Waals surface area contributed by atoms with Crippen molar-refractivity contribution in [2.24, 2.45) is 0 Å². The van der Waals surface area contributed by atoms with Gasteiger partial charge in [0, 0.05) is 0 Å². The third-order valence-electron chi connectivity index (χ3n) is 1.63. The molecule has 0 aliphatic rings. The number of carbonyl (C=O) groups excluding carboxylic acids is 2. The predicted molar refractivity (Wildman–Crippen MR) is 63.6 cm³/mol. The van der Waals surface area contributed by atoms with Crippen LogP contribution in [-0.4, -0.2) is 35.7 Å². The van der Waals surface area contributed by atoms with Crippen molar-refractivity contribution in [3.8, 4) is 6.07 Å². The van der Waals surface area contributed by atoms with Gasteiger partial charge in [0.05, 0.1) is 24.7 Å². The summed E-state index contributed by atoms with van der Waals surface area (Å²) >= 11 is 0. The second kappa shape index (κ2) is 7.49. The summed E-state index contributed by atoms with van der Waals surface area (Å²) in [5, 5.41) is 9.76. The number of hydroxylamine groups is 2. The van der Waals surface area contributed by atoms with Gasteiger partial charge >= 0.3 is 5.97 Å². The molecule has 0 aliphatic carbocycles. The molecule has 0 aliphatic heterocycles. The van der Waals surface area contributed by atoms with E-state index in [1.807, 2.05) is 6.07 Å². The molecule has 6 heteroatoms. The Bertz CT molecular complexity index is 373. The lowest BCUT2D eigenvalue weighted by atomic mass is 10.2. The van der Waals surface area contributed by atoms with Crippen molar-refractivity contribution in [1.82, 2.24) is 5.06 Å². The smallest absolute Gasteiger partial charge is 0.312 e. The zero-order valence-corrected chi connectivity index (χ0v) is 11.1. The van der Waals surface area contributed by atoms with Gasteiger partial charge in [-0.3, -0.25) is 9.63 Å². The Labute approximate surface area is 107 Å². The van der Waals surface area contributed by atoms with Crippen molar-refractivity contribution in [2.45, 2.75) is 39.7 Å². The predicted octanol–water partition coefficient (Wildman–Crippen LogP) is 1.21. The molecule has 0 amide bonds. The van der Waals surface area contributed by atoms with Crippen LogP contribution in [0.1, 0.15) is 34.1 Å². The Balaban J connectivity index is 4.80. The Hall–Kier alpha value is -1.83. The zero-order chi connectivity index (χ0) is 14.2. The highest BCUT2D eigenvalue weighted by Crippen LogP contribution is 2.15. The Kier molecular flexibility index (Phi) is 6.73. The summed E-state index contributed by atoms with van der Waals surface area (Å²) in [6, 6.07) is 1.86. The van der Waals surface area contributed by atoms with E-state index in [1.54, 1.807) is 33.6 Å². The summed E-state index contributed by atoms with van der Waals surface area (Å²) in [5.41, 5.74) is -0.641. The fourth-order valence-electron chi connectivity index (χ4n) is 1.10. The van der Waals surface area contributed by atoms with Crippen LogP contribution in [0.2, 0.25) is 0 Å². The molecule has 0 spiro atoms. The molecule has 0 aromatic rings. The third kappa shape index (κ3) is 6.69. The van der Waals surface area contributed by atoms with Crippen LogP contribution < -0.4 is 0 Å². The minimum Gasteiger partial charge on any atom is -0.466 e. The lowest BCUT2D eigenvalue weighted by Crippen LogP contribution is -2.35. The molecular weight excluding hydrogens is 236 g/mol. The molecule has 0 fully saturated rings. The topological polar surface area (TPSA) is 79.6 Å². The molecule has 0 rings (SSSR count). The Morgan fingerprint density at radius 2 is 2.00 bits per heavy atom. The highest BCUT2D eigenvalue weighted by Gasteiger charge is 2.22. The van der Waals surface area contributed by atoms with Crippen LogP contribution in [0.4, 0.5) is 0 Å². The first kappa shape index (κ1) is 16.2. The van der Waals surface area contributed by atoms with E-state index >= 15 is 0 Å². The fourth-order valence-corrected chi connectivity index (χ4v) is 1.10.